The van der Waals surface area contributed by atoms with Crippen LogP contribution in [0.4, 0.5) is 0 Å². The predicted octanol–water partition coefficient (Wildman–Crippen LogP) is 13.9. The number of hydrogen-bond acceptors (Lipinski definition) is 2. The summed E-state index contributed by atoms with van der Waals surface area (Å²) in [7, 11) is 0. The van der Waals surface area contributed by atoms with Crippen molar-refractivity contribution in [2.24, 2.45) is 0 Å². The van der Waals surface area contributed by atoms with Gasteiger partial charge in [-0.1, -0.05) is 133 Å². The smallest absolute Gasteiger partial charge is 0.153 e. The molecule has 2 aromatic heterocycles. The summed E-state index contributed by atoms with van der Waals surface area (Å²) in [5.41, 5.74) is 6.91. The molecule has 222 valence electrons. The summed E-state index contributed by atoms with van der Waals surface area (Å²) in [5.74, 6) is 0. The van der Waals surface area contributed by atoms with Crippen LogP contribution >= 0.6 is 11.3 Å². The van der Waals surface area contributed by atoms with Crippen molar-refractivity contribution in [3.8, 4) is 22.3 Å². The van der Waals surface area contributed by atoms with Gasteiger partial charge in [-0.05, 0) is 89.6 Å². The molecule has 0 amide bonds. The molecule has 9 aromatic carbocycles. The van der Waals surface area contributed by atoms with Gasteiger partial charge in [0.25, 0.3) is 0 Å². The first-order valence-corrected chi connectivity index (χ1v) is 17.2. The number of thiophene rings is 1. The number of benzene rings is 9. The molecule has 2 heteroatoms. The zero-order valence-corrected chi connectivity index (χ0v) is 26.6. The molecule has 11 aromatic rings. The molecule has 0 fully saturated rings. The van der Waals surface area contributed by atoms with E-state index in [2.05, 4.69) is 158 Å². The highest BCUT2D eigenvalue weighted by molar-refractivity contribution is 7.26. The Morgan fingerprint density at radius 1 is 0.396 bits per heavy atom. The van der Waals surface area contributed by atoms with Gasteiger partial charge in [-0.3, -0.25) is 0 Å². The SMILES string of the molecule is c1ccc2c(-c3c4ccccc4c(-c4ccc5oc6c(ccc7c6sc6ccc8ccccc8c67)c5c4)c4ccccc34)cccc2c1. The Hall–Kier alpha value is -5.96. The lowest BCUT2D eigenvalue weighted by atomic mass is 9.84. The molecule has 0 aliphatic rings. The van der Waals surface area contributed by atoms with Crippen molar-refractivity contribution in [2.75, 3.05) is 0 Å². The molecule has 0 N–H and O–H groups in total. The van der Waals surface area contributed by atoms with Gasteiger partial charge in [-0.25, -0.2) is 0 Å². The van der Waals surface area contributed by atoms with Crippen molar-refractivity contribution in [3.63, 3.8) is 0 Å². The molecular formula is C46H26OS. The van der Waals surface area contributed by atoms with Crippen molar-refractivity contribution in [1.29, 1.82) is 0 Å². The van der Waals surface area contributed by atoms with Crippen molar-refractivity contribution < 1.29 is 4.42 Å². The molecule has 2 heterocycles. The van der Waals surface area contributed by atoms with Gasteiger partial charge in [0.05, 0.1) is 4.70 Å². The lowest BCUT2D eigenvalue weighted by molar-refractivity contribution is 0.673. The van der Waals surface area contributed by atoms with Crippen LogP contribution < -0.4 is 0 Å². The molecule has 0 bridgehead atoms. The van der Waals surface area contributed by atoms with Gasteiger partial charge < -0.3 is 4.42 Å². The molecule has 0 saturated carbocycles. The lowest BCUT2D eigenvalue weighted by Gasteiger charge is -2.18. The summed E-state index contributed by atoms with van der Waals surface area (Å²) in [6.07, 6.45) is 0. The van der Waals surface area contributed by atoms with E-state index in [0.717, 1.165) is 21.9 Å². The number of rotatable bonds is 2. The van der Waals surface area contributed by atoms with E-state index in [1.807, 2.05) is 11.3 Å². The highest BCUT2D eigenvalue weighted by atomic mass is 32.1. The molecule has 0 aliphatic heterocycles. The van der Waals surface area contributed by atoms with Gasteiger partial charge >= 0.3 is 0 Å². The Morgan fingerprint density at radius 3 is 1.75 bits per heavy atom. The van der Waals surface area contributed by atoms with E-state index in [4.69, 9.17) is 4.42 Å². The van der Waals surface area contributed by atoms with Crippen LogP contribution in [0.2, 0.25) is 0 Å². The van der Waals surface area contributed by atoms with Crippen LogP contribution in [0.15, 0.2) is 162 Å². The molecule has 0 unspecified atom stereocenters. The van der Waals surface area contributed by atoms with E-state index >= 15 is 0 Å². The van der Waals surface area contributed by atoms with Crippen LogP contribution in [0.25, 0.3) is 107 Å². The second-order valence-corrected chi connectivity index (χ2v) is 13.8. The largest absolute Gasteiger partial charge is 0.455 e. The zero-order chi connectivity index (χ0) is 31.3. The predicted molar refractivity (Wildman–Crippen MR) is 208 cm³/mol. The highest BCUT2D eigenvalue weighted by Gasteiger charge is 2.20. The number of furan rings is 1. The molecule has 0 spiro atoms. The summed E-state index contributed by atoms with van der Waals surface area (Å²) in [4.78, 5) is 0. The first-order valence-electron chi connectivity index (χ1n) is 16.4. The third kappa shape index (κ3) is 3.55. The van der Waals surface area contributed by atoms with E-state index in [1.165, 1.54) is 85.5 Å². The monoisotopic (exact) mass is 626 g/mol. The third-order valence-electron chi connectivity index (χ3n) is 10.2. The maximum Gasteiger partial charge on any atom is 0.153 e. The summed E-state index contributed by atoms with van der Waals surface area (Å²) in [6.45, 7) is 0. The fourth-order valence-electron chi connectivity index (χ4n) is 8.17. The van der Waals surface area contributed by atoms with Crippen molar-refractivity contribution in [1.82, 2.24) is 0 Å². The Labute approximate surface area is 279 Å². The summed E-state index contributed by atoms with van der Waals surface area (Å²) in [6, 6.07) is 57.7. The van der Waals surface area contributed by atoms with Crippen LogP contribution in [-0.2, 0) is 0 Å². The van der Waals surface area contributed by atoms with E-state index < -0.39 is 0 Å². The van der Waals surface area contributed by atoms with Gasteiger partial charge in [0.1, 0.15) is 5.58 Å². The molecule has 48 heavy (non-hydrogen) atoms. The summed E-state index contributed by atoms with van der Waals surface area (Å²) >= 11 is 1.83. The Balaban J connectivity index is 1.20. The van der Waals surface area contributed by atoms with Crippen molar-refractivity contribution in [2.45, 2.75) is 0 Å². The molecule has 0 atom stereocenters. The molecule has 1 nitrogen and oxygen atoms in total. The second kappa shape index (κ2) is 9.78. The van der Waals surface area contributed by atoms with E-state index in [-0.39, 0.29) is 0 Å². The molecule has 0 radical (unpaired) electrons. The maximum atomic E-state index is 6.70. The molecule has 11 rings (SSSR count). The van der Waals surface area contributed by atoms with Gasteiger partial charge in [-0.15, -0.1) is 11.3 Å². The fraction of sp³-hybridized carbons (Fsp3) is 0. The van der Waals surface area contributed by atoms with Crippen LogP contribution in [0.5, 0.6) is 0 Å². The van der Waals surface area contributed by atoms with Gasteiger partial charge in [0.15, 0.2) is 5.58 Å². The lowest BCUT2D eigenvalue weighted by Crippen LogP contribution is -1.91. The van der Waals surface area contributed by atoms with E-state index in [1.54, 1.807) is 0 Å². The minimum absolute atomic E-state index is 0.921. The van der Waals surface area contributed by atoms with Crippen LogP contribution in [0, 0.1) is 0 Å². The zero-order valence-electron chi connectivity index (χ0n) is 25.8. The minimum Gasteiger partial charge on any atom is -0.455 e. The summed E-state index contributed by atoms with van der Waals surface area (Å²) < 4.78 is 9.21. The highest BCUT2D eigenvalue weighted by Crippen LogP contribution is 2.48. The molecular weight excluding hydrogens is 601 g/mol. The quantitative estimate of drug-likeness (QED) is 0.174. The number of hydrogen-bond donors (Lipinski definition) is 0. The van der Waals surface area contributed by atoms with Crippen LogP contribution in [0.1, 0.15) is 0 Å². The Bertz CT molecular complexity index is 3060. The average Bonchev–Trinajstić information content (AvgIpc) is 3.72. The number of fused-ring (bicyclic) bond motifs is 12. The van der Waals surface area contributed by atoms with E-state index in [9.17, 15) is 0 Å². The normalized spacial score (nSPS) is 12.2. The average molecular weight is 627 g/mol. The summed E-state index contributed by atoms with van der Waals surface area (Å²) in [5, 5.41) is 15.0. The second-order valence-electron chi connectivity index (χ2n) is 12.8. The van der Waals surface area contributed by atoms with Gasteiger partial charge in [0, 0.05) is 26.2 Å². The minimum atomic E-state index is 0.921. The first kappa shape index (κ1) is 26.1. The van der Waals surface area contributed by atoms with E-state index in [0.29, 0.717) is 0 Å². The third-order valence-corrected chi connectivity index (χ3v) is 11.4. The standard InChI is InChI=1S/C46H26OS/c1-3-13-30-27(10-1)12-9-19-32(30)43-35-17-7-5-15-33(35)42(34-16-6-8-18-36(34)43)29-20-24-40-39(26-29)37-22-23-38-44-31-14-4-2-11-28(31)21-25-41(44)48-46(38)45(37)47-40/h1-26H. The van der Waals surface area contributed by atoms with Gasteiger partial charge in [0.2, 0.25) is 0 Å². The Kier molecular flexibility index (Phi) is 5.32. The van der Waals surface area contributed by atoms with Crippen molar-refractivity contribution >= 4 is 96.5 Å². The fourth-order valence-corrected chi connectivity index (χ4v) is 9.37. The first-order chi connectivity index (χ1) is 23.8. The van der Waals surface area contributed by atoms with Crippen LogP contribution in [-0.4, -0.2) is 0 Å². The van der Waals surface area contributed by atoms with Gasteiger partial charge in [-0.2, -0.15) is 0 Å². The van der Waals surface area contributed by atoms with Crippen molar-refractivity contribution in [3.05, 3.63) is 158 Å². The molecule has 0 saturated heterocycles. The Morgan fingerprint density at radius 2 is 1.00 bits per heavy atom. The maximum absolute atomic E-state index is 6.70. The topological polar surface area (TPSA) is 13.1 Å². The van der Waals surface area contributed by atoms with Crippen LogP contribution in [0.3, 0.4) is 0 Å². The molecule has 0 aliphatic carbocycles.